The quantitative estimate of drug-likeness (QED) is 0.582. The van der Waals surface area contributed by atoms with Gasteiger partial charge in [0, 0.05) is 11.3 Å². The SMILES string of the molecule is COc1ccc(C(=O)Nc2ccccc2C(=O)Nc2ccc(OC(C)C)cc2)cc1. The number of rotatable bonds is 7. The molecule has 3 aromatic carbocycles. The van der Waals surface area contributed by atoms with Gasteiger partial charge in [-0.1, -0.05) is 12.1 Å². The molecule has 0 aliphatic rings. The van der Waals surface area contributed by atoms with Crippen molar-refractivity contribution >= 4 is 23.2 Å². The molecule has 6 heteroatoms. The first-order valence-electron chi connectivity index (χ1n) is 9.59. The minimum atomic E-state index is -0.321. The number of benzene rings is 3. The normalized spacial score (nSPS) is 10.4. The van der Waals surface area contributed by atoms with Crippen LogP contribution in [0.2, 0.25) is 0 Å². The number of anilines is 2. The summed E-state index contributed by atoms with van der Waals surface area (Å²) >= 11 is 0. The average molecular weight is 404 g/mol. The zero-order valence-corrected chi connectivity index (χ0v) is 17.1. The molecule has 2 N–H and O–H groups in total. The van der Waals surface area contributed by atoms with Gasteiger partial charge in [0.15, 0.2) is 0 Å². The van der Waals surface area contributed by atoms with E-state index in [2.05, 4.69) is 10.6 Å². The summed E-state index contributed by atoms with van der Waals surface area (Å²) in [7, 11) is 1.56. The third-order valence-electron chi connectivity index (χ3n) is 4.26. The molecule has 0 heterocycles. The second kappa shape index (κ2) is 9.60. The van der Waals surface area contributed by atoms with E-state index in [0.717, 1.165) is 5.75 Å². The average Bonchev–Trinajstić information content (AvgIpc) is 2.75. The van der Waals surface area contributed by atoms with Gasteiger partial charge in [0.25, 0.3) is 11.8 Å². The van der Waals surface area contributed by atoms with E-state index >= 15 is 0 Å². The number of nitrogens with one attached hydrogen (secondary N) is 2. The maximum Gasteiger partial charge on any atom is 0.257 e. The molecule has 0 radical (unpaired) electrons. The Morgan fingerprint density at radius 1 is 0.767 bits per heavy atom. The number of ether oxygens (including phenoxy) is 2. The fraction of sp³-hybridized carbons (Fsp3) is 0.167. The summed E-state index contributed by atoms with van der Waals surface area (Å²) < 4.78 is 10.7. The Labute approximate surface area is 175 Å². The summed E-state index contributed by atoms with van der Waals surface area (Å²) in [4.78, 5) is 25.4. The van der Waals surface area contributed by atoms with E-state index in [4.69, 9.17) is 9.47 Å². The molecule has 0 bridgehead atoms. The predicted molar refractivity (Wildman–Crippen MR) is 118 cm³/mol. The lowest BCUT2D eigenvalue weighted by atomic mass is 10.1. The topological polar surface area (TPSA) is 76.7 Å². The van der Waals surface area contributed by atoms with Crippen LogP contribution in [0.1, 0.15) is 34.6 Å². The molecule has 0 atom stereocenters. The highest BCUT2D eigenvalue weighted by Gasteiger charge is 2.14. The van der Waals surface area contributed by atoms with Gasteiger partial charge in [-0.3, -0.25) is 9.59 Å². The lowest BCUT2D eigenvalue weighted by Crippen LogP contribution is -2.18. The summed E-state index contributed by atoms with van der Waals surface area (Å²) in [5.74, 6) is 0.762. The van der Waals surface area contributed by atoms with Crippen molar-refractivity contribution in [3.05, 3.63) is 83.9 Å². The van der Waals surface area contributed by atoms with Crippen molar-refractivity contribution in [3.8, 4) is 11.5 Å². The van der Waals surface area contributed by atoms with Gasteiger partial charge in [0.2, 0.25) is 0 Å². The molecule has 0 saturated heterocycles. The van der Waals surface area contributed by atoms with Crippen molar-refractivity contribution in [1.82, 2.24) is 0 Å². The molecule has 2 amide bonds. The smallest absolute Gasteiger partial charge is 0.257 e. The van der Waals surface area contributed by atoms with Gasteiger partial charge in [-0.05, 0) is 74.5 Å². The van der Waals surface area contributed by atoms with Crippen LogP contribution in [0.4, 0.5) is 11.4 Å². The standard InChI is InChI=1S/C24H24N2O4/c1-16(2)30-20-14-10-18(11-15-20)25-24(28)21-6-4-5-7-22(21)26-23(27)17-8-12-19(29-3)13-9-17/h4-16H,1-3H3,(H,25,28)(H,26,27). The van der Waals surface area contributed by atoms with E-state index in [1.54, 1.807) is 79.9 Å². The van der Waals surface area contributed by atoms with Crippen LogP contribution in [0, 0.1) is 0 Å². The first kappa shape index (κ1) is 20.9. The van der Waals surface area contributed by atoms with Crippen LogP contribution < -0.4 is 20.1 Å². The van der Waals surface area contributed by atoms with Gasteiger partial charge >= 0.3 is 0 Å². The summed E-state index contributed by atoms with van der Waals surface area (Å²) in [5.41, 5.74) is 1.89. The molecule has 154 valence electrons. The Kier molecular flexibility index (Phi) is 6.70. The predicted octanol–water partition coefficient (Wildman–Crippen LogP) is 4.99. The van der Waals surface area contributed by atoms with E-state index in [0.29, 0.717) is 28.3 Å². The van der Waals surface area contributed by atoms with E-state index in [-0.39, 0.29) is 17.9 Å². The minimum absolute atomic E-state index is 0.0756. The Morgan fingerprint density at radius 2 is 1.40 bits per heavy atom. The fourth-order valence-corrected chi connectivity index (χ4v) is 2.81. The maximum atomic E-state index is 12.8. The second-order valence-electron chi connectivity index (χ2n) is 6.87. The lowest BCUT2D eigenvalue weighted by Gasteiger charge is -2.13. The summed E-state index contributed by atoms with van der Waals surface area (Å²) in [6.45, 7) is 3.90. The van der Waals surface area contributed by atoms with Crippen LogP contribution in [0.25, 0.3) is 0 Å². The van der Waals surface area contributed by atoms with Crippen LogP contribution >= 0.6 is 0 Å². The molecule has 0 aromatic heterocycles. The minimum Gasteiger partial charge on any atom is -0.497 e. The van der Waals surface area contributed by atoms with Crippen molar-refractivity contribution in [2.75, 3.05) is 17.7 Å². The van der Waals surface area contributed by atoms with Gasteiger partial charge in [-0.25, -0.2) is 0 Å². The molecule has 30 heavy (non-hydrogen) atoms. The molecule has 0 fully saturated rings. The summed E-state index contributed by atoms with van der Waals surface area (Å²) in [6.07, 6.45) is 0.0756. The van der Waals surface area contributed by atoms with Crippen LogP contribution in [0.5, 0.6) is 11.5 Å². The fourth-order valence-electron chi connectivity index (χ4n) is 2.81. The van der Waals surface area contributed by atoms with Gasteiger partial charge in [0.05, 0.1) is 24.5 Å². The molecule has 0 aliphatic carbocycles. The number of hydrogen-bond donors (Lipinski definition) is 2. The first-order valence-corrected chi connectivity index (χ1v) is 9.59. The van der Waals surface area contributed by atoms with Crippen LogP contribution in [0.3, 0.4) is 0 Å². The zero-order chi connectivity index (χ0) is 21.5. The first-order chi connectivity index (χ1) is 14.5. The molecule has 0 saturated carbocycles. The van der Waals surface area contributed by atoms with Crippen molar-refractivity contribution < 1.29 is 19.1 Å². The lowest BCUT2D eigenvalue weighted by molar-refractivity contribution is 0.102. The Hall–Kier alpha value is -3.80. The van der Waals surface area contributed by atoms with E-state index in [1.165, 1.54) is 0 Å². The van der Waals surface area contributed by atoms with Crippen LogP contribution in [-0.4, -0.2) is 25.0 Å². The van der Waals surface area contributed by atoms with Crippen molar-refractivity contribution in [2.45, 2.75) is 20.0 Å². The molecule has 0 aliphatic heterocycles. The molecule has 0 unspecified atom stereocenters. The number of amides is 2. The Morgan fingerprint density at radius 3 is 2.03 bits per heavy atom. The maximum absolute atomic E-state index is 12.8. The third kappa shape index (κ3) is 5.38. The van der Waals surface area contributed by atoms with Gasteiger partial charge in [0.1, 0.15) is 11.5 Å². The van der Waals surface area contributed by atoms with Crippen molar-refractivity contribution in [3.63, 3.8) is 0 Å². The molecule has 0 spiro atoms. The largest absolute Gasteiger partial charge is 0.497 e. The van der Waals surface area contributed by atoms with E-state index < -0.39 is 0 Å². The highest BCUT2D eigenvalue weighted by Crippen LogP contribution is 2.21. The van der Waals surface area contributed by atoms with Crippen molar-refractivity contribution in [2.24, 2.45) is 0 Å². The number of methoxy groups -OCH3 is 1. The van der Waals surface area contributed by atoms with Gasteiger partial charge in [-0.2, -0.15) is 0 Å². The number of carbonyl (C=O) groups excluding carboxylic acids is 2. The highest BCUT2D eigenvalue weighted by molar-refractivity contribution is 6.12. The summed E-state index contributed by atoms with van der Waals surface area (Å²) in [5, 5.41) is 5.65. The van der Waals surface area contributed by atoms with Gasteiger partial charge < -0.3 is 20.1 Å². The van der Waals surface area contributed by atoms with E-state index in [9.17, 15) is 9.59 Å². The zero-order valence-electron chi connectivity index (χ0n) is 17.1. The number of carbonyl (C=O) groups is 2. The Bertz CT molecular complexity index is 1010. The molecule has 3 aromatic rings. The second-order valence-corrected chi connectivity index (χ2v) is 6.87. The molecular formula is C24H24N2O4. The van der Waals surface area contributed by atoms with Crippen LogP contribution in [-0.2, 0) is 0 Å². The third-order valence-corrected chi connectivity index (χ3v) is 4.26. The monoisotopic (exact) mass is 404 g/mol. The number of hydrogen-bond acceptors (Lipinski definition) is 4. The van der Waals surface area contributed by atoms with Gasteiger partial charge in [-0.15, -0.1) is 0 Å². The molecular weight excluding hydrogens is 380 g/mol. The van der Waals surface area contributed by atoms with E-state index in [1.807, 2.05) is 13.8 Å². The summed E-state index contributed by atoms with van der Waals surface area (Å²) in [6, 6.07) is 20.7. The molecule has 3 rings (SSSR count). The number of para-hydroxylation sites is 1. The Balaban J connectivity index is 1.72. The molecule has 6 nitrogen and oxygen atoms in total. The van der Waals surface area contributed by atoms with Crippen molar-refractivity contribution in [1.29, 1.82) is 0 Å². The van der Waals surface area contributed by atoms with Crippen LogP contribution in [0.15, 0.2) is 72.8 Å². The highest BCUT2D eigenvalue weighted by atomic mass is 16.5.